The van der Waals surface area contributed by atoms with Crippen molar-refractivity contribution in [1.82, 2.24) is 9.88 Å². The second kappa shape index (κ2) is 5.82. The van der Waals surface area contributed by atoms with Gasteiger partial charge in [-0.05, 0) is 25.7 Å². The molecule has 2 N–H and O–H groups in total. The maximum Gasteiger partial charge on any atom is 0.265 e. The van der Waals surface area contributed by atoms with Crippen LogP contribution >= 0.6 is 11.3 Å². The Kier molecular flexibility index (Phi) is 4.49. The van der Waals surface area contributed by atoms with Gasteiger partial charge in [0, 0.05) is 24.5 Å². The summed E-state index contributed by atoms with van der Waals surface area (Å²) in [5, 5.41) is 0. The zero-order valence-corrected chi connectivity index (χ0v) is 13.7. The van der Waals surface area contributed by atoms with Crippen molar-refractivity contribution in [2.75, 3.05) is 13.1 Å². The molecule has 2 heterocycles. The topological polar surface area (TPSA) is 59.2 Å². The molecule has 2 atom stereocenters. The maximum atomic E-state index is 12.8. The third kappa shape index (κ3) is 3.20. The highest BCUT2D eigenvalue weighted by Crippen LogP contribution is 2.29. The number of aromatic nitrogens is 1. The molecular formula is C15H25N3OS. The minimum atomic E-state index is -0.0959. The highest BCUT2D eigenvalue weighted by Gasteiger charge is 2.31. The Morgan fingerprint density at radius 1 is 1.55 bits per heavy atom. The number of amides is 1. The van der Waals surface area contributed by atoms with Crippen molar-refractivity contribution in [2.24, 2.45) is 11.7 Å². The third-order valence-electron chi connectivity index (χ3n) is 3.96. The lowest BCUT2D eigenvalue weighted by Gasteiger charge is -2.34. The summed E-state index contributed by atoms with van der Waals surface area (Å²) in [6, 6.07) is 0.147. The number of carbonyl (C=O) groups excluding carboxylic acids is 1. The zero-order valence-electron chi connectivity index (χ0n) is 12.8. The maximum absolute atomic E-state index is 12.8. The number of carbonyl (C=O) groups is 1. The number of hydrogen-bond donors (Lipinski definition) is 1. The second-order valence-electron chi connectivity index (χ2n) is 6.79. The van der Waals surface area contributed by atoms with E-state index in [-0.39, 0.29) is 17.4 Å². The molecule has 1 aliphatic heterocycles. The van der Waals surface area contributed by atoms with Crippen molar-refractivity contribution in [3.8, 4) is 0 Å². The average Bonchev–Trinajstić information content (AvgIpc) is 2.87. The standard InChI is InChI=1S/C15H25N3OS/c1-10(16)11-6-5-7-18(8-11)14(19)12-13(15(2,3)4)17-9-20-12/h9-11H,5-8,16H2,1-4H3/t10-,11+/m0/s1. The molecule has 0 bridgehead atoms. The summed E-state index contributed by atoms with van der Waals surface area (Å²) < 4.78 is 0. The Balaban J connectivity index is 2.18. The lowest BCUT2D eigenvalue weighted by molar-refractivity contribution is 0.0663. The summed E-state index contributed by atoms with van der Waals surface area (Å²) >= 11 is 1.45. The van der Waals surface area contributed by atoms with Crippen LogP contribution in [-0.2, 0) is 5.41 Å². The van der Waals surface area contributed by atoms with Crippen molar-refractivity contribution in [1.29, 1.82) is 0 Å². The van der Waals surface area contributed by atoms with Gasteiger partial charge in [0.2, 0.25) is 0 Å². The number of nitrogens with two attached hydrogens (primary N) is 1. The Morgan fingerprint density at radius 2 is 2.25 bits per heavy atom. The first-order valence-electron chi connectivity index (χ1n) is 7.29. The SMILES string of the molecule is C[C@H](N)[C@@H]1CCCN(C(=O)c2scnc2C(C)(C)C)C1. The smallest absolute Gasteiger partial charge is 0.265 e. The molecular weight excluding hydrogens is 270 g/mol. The van der Waals surface area contributed by atoms with Crippen molar-refractivity contribution >= 4 is 17.2 Å². The number of rotatable bonds is 2. The molecule has 0 radical (unpaired) electrons. The number of piperidine rings is 1. The monoisotopic (exact) mass is 295 g/mol. The van der Waals surface area contributed by atoms with Gasteiger partial charge in [0.15, 0.2) is 0 Å². The summed E-state index contributed by atoms with van der Waals surface area (Å²) in [6.07, 6.45) is 2.16. The molecule has 1 aromatic heterocycles. The summed E-state index contributed by atoms with van der Waals surface area (Å²) in [5.41, 5.74) is 8.59. The van der Waals surface area contributed by atoms with Gasteiger partial charge < -0.3 is 10.6 Å². The van der Waals surface area contributed by atoms with Crippen LogP contribution in [0.3, 0.4) is 0 Å². The lowest BCUT2D eigenvalue weighted by atomic mass is 9.90. The average molecular weight is 295 g/mol. The van der Waals surface area contributed by atoms with Gasteiger partial charge in [0.05, 0.1) is 11.2 Å². The van der Waals surface area contributed by atoms with Gasteiger partial charge in [-0.3, -0.25) is 4.79 Å². The van der Waals surface area contributed by atoms with E-state index in [1.54, 1.807) is 5.51 Å². The van der Waals surface area contributed by atoms with Crippen LogP contribution in [-0.4, -0.2) is 34.9 Å². The van der Waals surface area contributed by atoms with E-state index in [1.165, 1.54) is 11.3 Å². The molecule has 1 amide bonds. The Labute approximate surface area is 125 Å². The second-order valence-corrected chi connectivity index (χ2v) is 7.65. The normalized spacial score (nSPS) is 21.9. The van der Waals surface area contributed by atoms with Gasteiger partial charge in [-0.1, -0.05) is 20.8 Å². The molecule has 1 fully saturated rings. The minimum absolute atomic E-state index is 0.0959. The predicted octanol–water partition coefficient (Wildman–Crippen LogP) is 2.64. The summed E-state index contributed by atoms with van der Waals surface area (Å²) in [6.45, 7) is 9.94. The zero-order chi connectivity index (χ0) is 14.9. The van der Waals surface area contributed by atoms with Crippen LogP contribution in [0.4, 0.5) is 0 Å². The van der Waals surface area contributed by atoms with Crippen LogP contribution < -0.4 is 5.73 Å². The van der Waals surface area contributed by atoms with E-state index >= 15 is 0 Å². The van der Waals surface area contributed by atoms with E-state index < -0.39 is 0 Å². The van der Waals surface area contributed by atoms with E-state index in [9.17, 15) is 4.79 Å². The highest BCUT2D eigenvalue weighted by atomic mass is 32.1. The quantitative estimate of drug-likeness (QED) is 0.912. The molecule has 20 heavy (non-hydrogen) atoms. The van der Waals surface area contributed by atoms with E-state index in [2.05, 4.69) is 25.8 Å². The summed E-state index contributed by atoms with van der Waals surface area (Å²) in [4.78, 5) is 19.9. The van der Waals surface area contributed by atoms with Gasteiger partial charge in [0.1, 0.15) is 4.88 Å². The van der Waals surface area contributed by atoms with Crippen molar-refractivity contribution < 1.29 is 4.79 Å². The number of hydrogen-bond acceptors (Lipinski definition) is 4. The van der Waals surface area contributed by atoms with Gasteiger partial charge in [-0.15, -0.1) is 11.3 Å². The summed E-state index contributed by atoms with van der Waals surface area (Å²) in [7, 11) is 0. The number of nitrogens with zero attached hydrogens (tertiary/aromatic N) is 2. The molecule has 4 nitrogen and oxygen atoms in total. The van der Waals surface area contributed by atoms with Crippen LogP contribution in [0.2, 0.25) is 0 Å². The van der Waals surface area contributed by atoms with Crippen molar-refractivity contribution in [3.05, 3.63) is 16.1 Å². The first-order chi connectivity index (χ1) is 9.30. The predicted molar refractivity (Wildman–Crippen MR) is 83.1 cm³/mol. The van der Waals surface area contributed by atoms with E-state index in [0.29, 0.717) is 5.92 Å². The van der Waals surface area contributed by atoms with E-state index in [1.807, 2.05) is 11.8 Å². The van der Waals surface area contributed by atoms with Crippen LogP contribution in [0, 0.1) is 5.92 Å². The molecule has 112 valence electrons. The first-order valence-corrected chi connectivity index (χ1v) is 8.17. The fourth-order valence-electron chi connectivity index (χ4n) is 2.70. The Hall–Kier alpha value is -0.940. The minimum Gasteiger partial charge on any atom is -0.338 e. The summed E-state index contributed by atoms with van der Waals surface area (Å²) in [5.74, 6) is 0.543. The Morgan fingerprint density at radius 3 is 2.85 bits per heavy atom. The van der Waals surface area contributed by atoms with Crippen LogP contribution in [0.15, 0.2) is 5.51 Å². The van der Waals surface area contributed by atoms with E-state index in [0.717, 1.165) is 36.5 Å². The Bertz CT molecular complexity index is 476. The molecule has 0 spiro atoms. The number of likely N-dealkylation sites (tertiary alicyclic amines) is 1. The van der Waals surface area contributed by atoms with Crippen molar-refractivity contribution in [3.63, 3.8) is 0 Å². The van der Waals surface area contributed by atoms with Crippen LogP contribution in [0.5, 0.6) is 0 Å². The lowest BCUT2D eigenvalue weighted by Crippen LogP contribution is -2.45. The molecule has 0 unspecified atom stereocenters. The van der Waals surface area contributed by atoms with E-state index in [4.69, 9.17) is 5.73 Å². The molecule has 2 rings (SSSR count). The first kappa shape index (κ1) is 15.4. The molecule has 0 aromatic carbocycles. The van der Waals surface area contributed by atoms with Gasteiger partial charge in [-0.2, -0.15) is 0 Å². The van der Waals surface area contributed by atoms with Crippen molar-refractivity contribution in [2.45, 2.75) is 52.0 Å². The van der Waals surface area contributed by atoms with Crippen LogP contribution in [0.1, 0.15) is 55.9 Å². The fraction of sp³-hybridized carbons (Fsp3) is 0.733. The number of thiazole rings is 1. The van der Waals surface area contributed by atoms with Gasteiger partial charge >= 0.3 is 0 Å². The van der Waals surface area contributed by atoms with Crippen LogP contribution in [0.25, 0.3) is 0 Å². The third-order valence-corrected chi connectivity index (χ3v) is 4.78. The molecule has 0 aliphatic carbocycles. The molecule has 5 heteroatoms. The van der Waals surface area contributed by atoms with Gasteiger partial charge in [-0.25, -0.2) is 4.98 Å². The largest absolute Gasteiger partial charge is 0.338 e. The molecule has 1 saturated heterocycles. The molecule has 0 saturated carbocycles. The highest BCUT2D eigenvalue weighted by molar-refractivity contribution is 7.11. The molecule has 1 aliphatic rings. The fourth-order valence-corrected chi connectivity index (χ4v) is 3.66. The van der Waals surface area contributed by atoms with Gasteiger partial charge in [0.25, 0.3) is 5.91 Å². The molecule has 1 aromatic rings.